The molecule has 1 aliphatic heterocycles. The van der Waals surface area contributed by atoms with Crippen molar-refractivity contribution >= 4 is 23.1 Å². The van der Waals surface area contributed by atoms with E-state index < -0.39 is 4.92 Å². The molecule has 140 valence electrons. The summed E-state index contributed by atoms with van der Waals surface area (Å²) in [5.41, 5.74) is 2.68. The smallest absolute Gasteiger partial charge is 0.272 e. The van der Waals surface area contributed by atoms with Crippen LogP contribution in [0.2, 0.25) is 0 Å². The highest BCUT2D eigenvalue weighted by molar-refractivity contribution is 5.95. The first-order chi connectivity index (χ1) is 12.9. The van der Waals surface area contributed by atoms with Crippen molar-refractivity contribution in [2.75, 3.05) is 31.1 Å². The zero-order chi connectivity index (χ0) is 19.6. The van der Waals surface area contributed by atoms with Crippen LogP contribution in [0.1, 0.15) is 33.2 Å². The van der Waals surface area contributed by atoms with Gasteiger partial charge >= 0.3 is 0 Å². The average Bonchev–Trinajstić information content (AvgIpc) is 2.67. The Hall–Kier alpha value is -3.22. The van der Waals surface area contributed by atoms with Gasteiger partial charge in [0.2, 0.25) is 0 Å². The van der Waals surface area contributed by atoms with Gasteiger partial charge in [-0.05, 0) is 50.2 Å². The lowest BCUT2D eigenvalue weighted by atomic mass is 10.1. The van der Waals surface area contributed by atoms with Gasteiger partial charge in [-0.15, -0.1) is 0 Å². The van der Waals surface area contributed by atoms with E-state index in [1.807, 2.05) is 24.3 Å². The number of aryl methyl sites for hydroxylation is 1. The van der Waals surface area contributed by atoms with E-state index in [-0.39, 0.29) is 17.4 Å². The van der Waals surface area contributed by atoms with E-state index in [9.17, 15) is 19.7 Å². The Labute approximate surface area is 157 Å². The van der Waals surface area contributed by atoms with E-state index in [4.69, 9.17) is 0 Å². The topological polar surface area (TPSA) is 83.8 Å². The predicted octanol–water partition coefficient (Wildman–Crippen LogP) is 3.07. The van der Waals surface area contributed by atoms with Crippen LogP contribution in [0, 0.1) is 17.0 Å². The van der Waals surface area contributed by atoms with E-state index in [0.717, 1.165) is 5.69 Å². The standard InChI is InChI=1S/C20H21N3O4/c1-14-13-17(5-8-19(14)23(26)27)20(25)22-11-9-21(10-12-22)18-6-3-16(4-7-18)15(2)24/h3-8,13H,9-12H2,1-2H3. The summed E-state index contributed by atoms with van der Waals surface area (Å²) in [4.78, 5) is 38.5. The van der Waals surface area contributed by atoms with E-state index in [0.29, 0.717) is 42.9 Å². The summed E-state index contributed by atoms with van der Waals surface area (Å²) in [6, 6.07) is 12.0. The molecule has 1 heterocycles. The summed E-state index contributed by atoms with van der Waals surface area (Å²) in [6.07, 6.45) is 0. The fourth-order valence-electron chi connectivity index (χ4n) is 3.25. The lowest BCUT2D eigenvalue weighted by Gasteiger charge is -2.36. The first kappa shape index (κ1) is 18.6. The molecule has 1 aliphatic rings. The Morgan fingerprint density at radius 3 is 2.07 bits per heavy atom. The van der Waals surface area contributed by atoms with Crippen LogP contribution in [0.4, 0.5) is 11.4 Å². The van der Waals surface area contributed by atoms with E-state index in [1.54, 1.807) is 24.8 Å². The highest BCUT2D eigenvalue weighted by Gasteiger charge is 2.23. The number of anilines is 1. The van der Waals surface area contributed by atoms with Crippen LogP contribution in [-0.4, -0.2) is 47.7 Å². The second-order valence-electron chi connectivity index (χ2n) is 6.64. The van der Waals surface area contributed by atoms with E-state index >= 15 is 0 Å². The molecule has 3 rings (SSSR count). The number of hydrogen-bond donors (Lipinski definition) is 0. The van der Waals surface area contributed by atoms with Crippen molar-refractivity contribution in [3.63, 3.8) is 0 Å². The number of nitro benzene ring substituents is 1. The lowest BCUT2D eigenvalue weighted by molar-refractivity contribution is -0.385. The molecule has 2 aromatic rings. The fourth-order valence-corrected chi connectivity index (χ4v) is 3.25. The molecular formula is C20H21N3O4. The molecule has 0 bridgehead atoms. The molecule has 0 unspecified atom stereocenters. The van der Waals surface area contributed by atoms with Crippen LogP contribution in [0.3, 0.4) is 0 Å². The molecule has 0 aromatic heterocycles. The highest BCUT2D eigenvalue weighted by Crippen LogP contribution is 2.21. The molecule has 0 N–H and O–H groups in total. The van der Waals surface area contributed by atoms with Crippen molar-refractivity contribution in [1.82, 2.24) is 4.90 Å². The number of piperazine rings is 1. The Morgan fingerprint density at radius 1 is 0.963 bits per heavy atom. The van der Waals surface area contributed by atoms with E-state index in [2.05, 4.69) is 4.90 Å². The first-order valence-corrected chi connectivity index (χ1v) is 8.77. The number of amides is 1. The molecule has 1 fully saturated rings. The quantitative estimate of drug-likeness (QED) is 0.471. The van der Waals surface area contributed by atoms with Gasteiger partial charge < -0.3 is 9.80 Å². The number of Topliss-reactive ketones (excluding diaryl/α,β-unsaturated/α-hetero) is 1. The minimum Gasteiger partial charge on any atom is -0.368 e. The molecule has 7 heteroatoms. The van der Waals surface area contributed by atoms with Crippen molar-refractivity contribution in [2.45, 2.75) is 13.8 Å². The maximum absolute atomic E-state index is 12.7. The van der Waals surface area contributed by atoms with Gasteiger partial charge in [-0.1, -0.05) is 0 Å². The van der Waals surface area contributed by atoms with Gasteiger partial charge in [-0.25, -0.2) is 0 Å². The number of nitro groups is 1. The van der Waals surface area contributed by atoms with Crippen LogP contribution in [0.5, 0.6) is 0 Å². The SMILES string of the molecule is CC(=O)c1ccc(N2CCN(C(=O)c3ccc([N+](=O)[O-])c(C)c3)CC2)cc1. The molecule has 0 aliphatic carbocycles. The van der Waals surface area contributed by atoms with Gasteiger partial charge in [0.25, 0.3) is 11.6 Å². The molecule has 1 saturated heterocycles. The molecule has 1 amide bonds. The second-order valence-corrected chi connectivity index (χ2v) is 6.64. The Balaban J connectivity index is 1.65. The number of rotatable bonds is 4. The third-order valence-electron chi connectivity index (χ3n) is 4.85. The molecular weight excluding hydrogens is 346 g/mol. The number of carbonyl (C=O) groups is 2. The van der Waals surface area contributed by atoms with Crippen molar-refractivity contribution < 1.29 is 14.5 Å². The normalized spacial score (nSPS) is 14.1. The summed E-state index contributed by atoms with van der Waals surface area (Å²) >= 11 is 0. The Morgan fingerprint density at radius 2 is 1.56 bits per heavy atom. The zero-order valence-corrected chi connectivity index (χ0v) is 15.3. The third-order valence-corrected chi connectivity index (χ3v) is 4.85. The monoisotopic (exact) mass is 367 g/mol. The van der Waals surface area contributed by atoms with Crippen LogP contribution in [0.25, 0.3) is 0 Å². The molecule has 0 atom stereocenters. The van der Waals surface area contributed by atoms with Crippen molar-refractivity contribution in [3.8, 4) is 0 Å². The summed E-state index contributed by atoms with van der Waals surface area (Å²) in [6.45, 7) is 5.71. The van der Waals surface area contributed by atoms with Gasteiger partial charge in [0.1, 0.15) is 0 Å². The van der Waals surface area contributed by atoms with E-state index in [1.165, 1.54) is 12.1 Å². The minimum atomic E-state index is -0.445. The van der Waals surface area contributed by atoms with Gasteiger partial charge in [0.05, 0.1) is 4.92 Å². The molecule has 0 spiro atoms. The van der Waals surface area contributed by atoms with Crippen molar-refractivity contribution in [1.29, 1.82) is 0 Å². The fraction of sp³-hybridized carbons (Fsp3) is 0.300. The zero-order valence-electron chi connectivity index (χ0n) is 15.3. The number of nitrogens with zero attached hydrogens (tertiary/aromatic N) is 3. The van der Waals surface area contributed by atoms with Gasteiger partial charge in [-0.3, -0.25) is 19.7 Å². The van der Waals surface area contributed by atoms with Crippen molar-refractivity contribution in [3.05, 3.63) is 69.3 Å². The van der Waals surface area contributed by atoms with Crippen molar-refractivity contribution in [2.24, 2.45) is 0 Å². The number of hydrogen-bond acceptors (Lipinski definition) is 5. The Bertz CT molecular complexity index is 885. The maximum atomic E-state index is 12.7. The molecule has 7 nitrogen and oxygen atoms in total. The van der Waals surface area contributed by atoms with Gasteiger partial charge in [0, 0.05) is 54.6 Å². The average molecular weight is 367 g/mol. The summed E-state index contributed by atoms with van der Waals surface area (Å²) in [7, 11) is 0. The van der Waals surface area contributed by atoms with Crippen LogP contribution in [0.15, 0.2) is 42.5 Å². The van der Waals surface area contributed by atoms with Crippen LogP contribution in [-0.2, 0) is 0 Å². The van der Waals surface area contributed by atoms with Gasteiger partial charge in [-0.2, -0.15) is 0 Å². The molecule has 2 aromatic carbocycles. The highest BCUT2D eigenvalue weighted by atomic mass is 16.6. The Kier molecular flexibility index (Phi) is 5.21. The number of carbonyl (C=O) groups excluding carboxylic acids is 2. The number of benzene rings is 2. The predicted molar refractivity (Wildman–Crippen MR) is 102 cm³/mol. The summed E-state index contributed by atoms with van der Waals surface area (Å²) < 4.78 is 0. The molecule has 0 radical (unpaired) electrons. The summed E-state index contributed by atoms with van der Waals surface area (Å²) in [5.74, 6) is -0.0741. The summed E-state index contributed by atoms with van der Waals surface area (Å²) in [5, 5.41) is 10.9. The molecule has 0 saturated carbocycles. The lowest BCUT2D eigenvalue weighted by Crippen LogP contribution is -2.48. The largest absolute Gasteiger partial charge is 0.368 e. The maximum Gasteiger partial charge on any atom is 0.272 e. The van der Waals surface area contributed by atoms with Gasteiger partial charge in [0.15, 0.2) is 5.78 Å². The number of ketones is 1. The minimum absolute atomic E-state index is 0.0189. The second kappa shape index (κ2) is 7.57. The molecule has 27 heavy (non-hydrogen) atoms. The first-order valence-electron chi connectivity index (χ1n) is 8.77. The van der Waals surface area contributed by atoms with Crippen LogP contribution >= 0.6 is 0 Å². The van der Waals surface area contributed by atoms with Crippen LogP contribution < -0.4 is 4.90 Å². The third kappa shape index (κ3) is 3.97.